The Labute approximate surface area is 196 Å². The molecule has 0 unspecified atom stereocenters. The molecule has 1 spiro atoms. The predicted molar refractivity (Wildman–Crippen MR) is 121 cm³/mol. The fourth-order valence-corrected chi connectivity index (χ4v) is 5.24. The normalized spacial score (nSPS) is 18.9. The van der Waals surface area contributed by atoms with Crippen molar-refractivity contribution in [2.24, 2.45) is 0 Å². The molecule has 5 rings (SSSR count). The number of ether oxygens (including phenoxy) is 1. The van der Waals surface area contributed by atoms with Crippen LogP contribution in [0.1, 0.15) is 62.3 Å². The van der Waals surface area contributed by atoms with Gasteiger partial charge in [0.25, 0.3) is 11.8 Å². The van der Waals surface area contributed by atoms with Crippen LogP contribution in [-0.4, -0.2) is 58.5 Å². The van der Waals surface area contributed by atoms with Crippen LogP contribution in [0.5, 0.6) is 5.75 Å². The summed E-state index contributed by atoms with van der Waals surface area (Å²) in [7, 11) is 0. The van der Waals surface area contributed by atoms with Gasteiger partial charge in [-0.2, -0.15) is 0 Å². The summed E-state index contributed by atoms with van der Waals surface area (Å²) in [6, 6.07) is 10.1. The molecule has 3 aliphatic heterocycles. The number of carbonyl (C=O) groups excluding carboxylic acids is 4. The van der Waals surface area contributed by atoms with Crippen molar-refractivity contribution in [3.05, 3.63) is 63.7 Å². The Morgan fingerprint density at radius 1 is 1.03 bits per heavy atom. The Bertz CT molecular complexity index is 1160. The maximum absolute atomic E-state index is 12.8. The number of ketones is 1. The zero-order valence-corrected chi connectivity index (χ0v) is 19.0. The van der Waals surface area contributed by atoms with Crippen molar-refractivity contribution >= 4 is 35.1 Å². The molecule has 0 saturated carbocycles. The van der Waals surface area contributed by atoms with Gasteiger partial charge in [0.1, 0.15) is 11.4 Å². The predicted octanol–water partition coefficient (Wildman–Crippen LogP) is 3.66. The van der Waals surface area contributed by atoms with Crippen molar-refractivity contribution in [3.8, 4) is 5.75 Å². The Hall–Kier alpha value is -3.19. The fourth-order valence-electron chi connectivity index (χ4n) is 4.96. The number of hydrogen-bond donors (Lipinski definition) is 0. The topological polar surface area (TPSA) is 84.0 Å². The van der Waals surface area contributed by atoms with E-state index >= 15 is 0 Å². The Kier molecular flexibility index (Phi) is 5.24. The lowest BCUT2D eigenvalue weighted by Crippen LogP contribution is -2.52. The van der Waals surface area contributed by atoms with Crippen LogP contribution in [0.25, 0.3) is 0 Å². The van der Waals surface area contributed by atoms with Crippen LogP contribution in [0.2, 0.25) is 5.02 Å². The first-order chi connectivity index (χ1) is 15.8. The van der Waals surface area contributed by atoms with E-state index in [1.165, 1.54) is 0 Å². The van der Waals surface area contributed by atoms with Crippen molar-refractivity contribution in [2.75, 3.05) is 19.6 Å². The number of amides is 3. The van der Waals surface area contributed by atoms with Gasteiger partial charge in [-0.15, -0.1) is 0 Å². The zero-order chi connectivity index (χ0) is 23.3. The van der Waals surface area contributed by atoms with E-state index in [0.29, 0.717) is 53.4 Å². The number of hydrogen-bond acceptors (Lipinski definition) is 5. The molecule has 33 heavy (non-hydrogen) atoms. The molecule has 1 saturated heterocycles. The van der Waals surface area contributed by atoms with E-state index in [1.807, 2.05) is 6.92 Å². The first-order valence-electron chi connectivity index (χ1n) is 11.0. The van der Waals surface area contributed by atoms with Crippen LogP contribution in [0.15, 0.2) is 36.4 Å². The molecule has 0 bridgehead atoms. The number of nitrogens with zero attached hydrogens (tertiary/aromatic N) is 2. The highest BCUT2D eigenvalue weighted by atomic mass is 35.5. The SMILES string of the molecule is Cc1cc(Cl)cc2c1OC1(CCN(C(=O)CCN3C(=O)c4ccccc4C3=O)CC1)CC2=O. The van der Waals surface area contributed by atoms with Gasteiger partial charge in [-0.1, -0.05) is 23.7 Å². The highest BCUT2D eigenvalue weighted by Gasteiger charge is 2.44. The summed E-state index contributed by atoms with van der Waals surface area (Å²) in [5, 5.41) is 0.512. The zero-order valence-electron chi connectivity index (χ0n) is 18.2. The van der Waals surface area contributed by atoms with Crippen molar-refractivity contribution in [2.45, 2.75) is 38.2 Å². The molecule has 3 heterocycles. The number of imide groups is 1. The van der Waals surface area contributed by atoms with E-state index in [1.54, 1.807) is 41.3 Å². The van der Waals surface area contributed by atoms with Crippen molar-refractivity contribution < 1.29 is 23.9 Å². The third kappa shape index (κ3) is 3.70. The third-order valence-electron chi connectivity index (χ3n) is 6.80. The molecule has 3 aliphatic rings. The van der Waals surface area contributed by atoms with Crippen molar-refractivity contribution in [1.29, 1.82) is 0 Å². The van der Waals surface area contributed by atoms with Crippen LogP contribution in [0, 0.1) is 6.92 Å². The second-order valence-corrected chi connectivity index (χ2v) is 9.36. The highest BCUT2D eigenvalue weighted by Crippen LogP contribution is 2.42. The molecule has 0 radical (unpaired) electrons. The second kappa shape index (κ2) is 7.99. The van der Waals surface area contributed by atoms with Crippen LogP contribution in [-0.2, 0) is 4.79 Å². The maximum atomic E-state index is 12.8. The summed E-state index contributed by atoms with van der Waals surface area (Å²) in [6.07, 6.45) is 1.41. The minimum atomic E-state index is -0.623. The number of rotatable bonds is 3. The van der Waals surface area contributed by atoms with Gasteiger partial charge in [-0.3, -0.25) is 24.1 Å². The lowest BCUT2D eigenvalue weighted by Gasteiger charge is -2.44. The molecule has 1 fully saturated rings. The van der Waals surface area contributed by atoms with E-state index in [4.69, 9.17) is 16.3 Å². The highest BCUT2D eigenvalue weighted by molar-refractivity contribution is 6.31. The fraction of sp³-hybridized carbons (Fsp3) is 0.360. The lowest BCUT2D eigenvalue weighted by molar-refractivity contribution is -0.134. The van der Waals surface area contributed by atoms with Gasteiger partial charge in [0.15, 0.2) is 5.78 Å². The first kappa shape index (κ1) is 21.6. The lowest BCUT2D eigenvalue weighted by atomic mass is 9.82. The average Bonchev–Trinajstić information content (AvgIpc) is 3.04. The monoisotopic (exact) mass is 466 g/mol. The van der Waals surface area contributed by atoms with Gasteiger partial charge in [0, 0.05) is 43.9 Å². The van der Waals surface area contributed by atoms with Gasteiger partial charge >= 0.3 is 0 Å². The van der Waals surface area contributed by atoms with E-state index < -0.39 is 5.60 Å². The molecule has 0 aliphatic carbocycles. The number of Topliss-reactive ketones (excluding diaryl/α,β-unsaturated/α-hetero) is 1. The van der Waals surface area contributed by atoms with E-state index in [-0.39, 0.29) is 42.9 Å². The molecule has 170 valence electrons. The standard InChI is InChI=1S/C25H23ClN2O5/c1-15-12-16(26)13-19-20(29)14-25(33-22(15)19)7-10-27(11-8-25)21(30)6-9-28-23(31)17-4-2-3-5-18(17)24(28)32/h2-5,12-13H,6-11,14H2,1H3. The number of piperidine rings is 1. The van der Waals surface area contributed by atoms with Crippen LogP contribution < -0.4 is 4.74 Å². The molecule has 8 heteroatoms. The quantitative estimate of drug-likeness (QED) is 0.644. The number of halogens is 1. The largest absolute Gasteiger partial charge is 0.486 e. The van der Waals surface area contributed by atoms with Gasteiger partial charge in [0.05, 0.1) is 23.1 Å². The summed E-state index contributed by atoms with van der Waals surface area (Å²) in [6.45, 7) is 2.83. The van der Waals surface area contributed by atoms with Gasteiger partial charge in [0.2, 0.25) is 5.91 Å². The molecular formula is C25H23ClN2O5. The summed E-state index contributed by atoms with van der Waals surface area (Å²) in [4.78, 5) is 53.5. The van der Waals surface area contributed by atoms with Crippen molar-refractivity contribution in [3.63, 3.8) is 0 Å². The minimum Gasteiger partial charge on any atom is -0.486 e. The molecule has 7 nitrogen and oxygen atoms in total. The summed E-state index contributed by atoms with van der Waals surface area (Å²) in [5.41, 5.74) is 1.48. The molecule has 0 atom stereocenters. The van der Waals surface area contributed by atoms with Crippen molar-refractivity contribution in [1.82, 2.24) is 9.80 Å². The van der Waals surface area contributed by atoms with Crippen LogP contribution >= 0.6 is 11.6 Å². The average molecular weight is 467 g/mol. The molecule has 2 aromatic rings. The smallest absolute Gasteiger partial charge is 0.261 e. The number of aryl methyl sites for hydroxylation is 1. The minimum absolute atomic E-state index is 0.00671. The van der Waals surface area contributed by atoms with Gasteiger partial charge in [-0.25, -0.2) is 0 Å². The number of carbonyl (C=O) groups is 4. The molecule has 0 aromatic heterocycles. The molecule has 3 amide bonds. The van der Waals surface area contributed by atoms with Gasteiger partial charge in [-0.05, 0) is 36.8 Å². The Balaban J connectivity index is 1.20. The summed E-state index contributed by atoms with van der Waals surface area (Å²) >= 11 is 6.10. The van der Waals surface area contributed by atoms with E-state index in [2.05, 4.69) is 0 Å². The molecule has 0 N–H and O–H groups in total. The second-order valence-electron chi connectivity index (χ2n) is 8.92. The Morgan fingerprint density at radius 3 is 2.30 bits per heavy atom. The third-order valence-corrected chi connectivity index (χ3v) is 7.01. The number of benzene rings is 2. The van der Waals surface area contributed by atoms with E-state index in [0.717, 1.165) is 10.5 Å². The maximum Gasteiger partial charge on any atom is 0.261 e. The molecule has 2 aromatic carbocycles. The first-order valence-corrected chi connectivity index (χ1v) is 11.4. The summed E-state index contributed by atoms with van der Waals surface area (Å²) < 4.78 is 6.33. The summed E-state index contributed by atoms with van der Waals surface area (Å²) in [5.74, 6) is -0.242. The number of likely N-dealkylation sites (tertiary alicyclic amines) is 1. The van der Waals surface area contributed by atoms with Gasteiger partial charge < -0.3 is 9.64 Å². The van der Waals surface area contributed by atoms with Crippen LogP contribution in [0.3, 0.4) is 0 Å². The van der Waals surface area contributed by atoms with E-state index in [9.17, 15) is 19.2 Å². The Morgan fingerprint density at radius 2 is 1.67 bits per heavy atom. The molecular weight excluding hydrogens is 444 g/mol. The van der Waals surface area contributed by atoms with Crippen LogP contribution in [0.4, 0.5) is 0 Å². The number of fused-ring (bicyclic) bond motifs is 2.